The zero-order valence-electron chi connectivity index (χ0n) is 51.4. The number of nitrogens with zero attached hydrogens (tertiary/aromatic N) is 7. The fraction of sp³-hybridized carbons (Fsp3) is 0.610. The van der Waals surface area contributed by atoms with Crippen molar-refractivity contribution < 1.29 is 63.3 Å². The van der Waals surface area contributed by atoms with Gasteiger partial charge in [-0.25, -0.2) is 4.79 Å². The van der Waals surface area contributed by atoms with Gasteiger partial charge in [0.2, 0.25) is 53.2 Å². The van der Waals surface area contributed by atoms with E-state index in [2.05, 4.69) is 41.6 Å². The third kappa shape index (κ3) is 19.0. The van der Waals surface area contributed by atoms with E-state index in [-0.39, 0.29) is 127 Å². The minimum Gasteiger partial charge on any atom is -0.480 e. The number of aliphatic hydroxyl groups excluding tert-OH is 2. The van der Waals surface area contributed by atoms with Crippen LogP contribution in [0.25, 0.3) is 0 Å². The van der Waals surface area contributed by atoms with Crippen LogP contribution in [0.1, 0.15) is 106 Å². The number of hydrogen-bond acceptors (Lipinski definition) is 17. The van der Waals surface area contributed by atoms with Gasteiger partial charge in [0.05, 0.1) is 25.3 Å². The normalized spacial score (nSPS) is 22.4. The molecule has 0 radical (unpaired) electrons. The lowest BCUT2D eigenvalue weighted by molar-refractivity contribution is -0.153. The fourth-order valence-electron chi connectivity index (χ4n) is 12.9. The molecule has 12 atom stereocenters. The molecule has 0 unspecified atom stereocenters. The summed E-state index contributed by atoms with van der Waals surface area (Å²) < 4.78 is 0. The molecule has 7 rings (SSSR count). The lowest BCUT2D eigenvalue weighted by Gasteiger charge is -2.42. The van der Waals surface area contributed by atoms with Crippen LogP contribution in [0.4, 0.5) is 0 Å². The molecule has 3 saturated heterocycles. The van der Waals surface area contributed by atoms with Crippen molar-refractivity contribution in [1.29, 1.82) is 0 Å². The van der Waals surface area contributed by atoms with E-state index in [1.165, 1.54) is 26.0 Å². The molecule has 1 saturated carbocycles. The Morgan fingerprint density at radius 1 is 0.620 bits per heavy atom. The summed E-state index contributed by atoms with van der Waals surface area (Å²) >= 11 is 1.27. The average molecular weight is 1300 g/mol. The first-order valence-electron chi connectivity index (χ1n) is 31.2. The molecule has 33 heteroatoms. The van der Waals surface area contributed by atoms with Crippen molar-refractivity contribution in [3.05, 3.63) is 57.8 Å². The number of aliphatic imine (C=N–C) groups is 3. The highest BCUT2D eigenvalue weighted by Gasteiger charge is 2.52. The highest BCUT2D eigenvalue weighted by atomic mass is 32.1. The summed E-state index contributed by atoms with van der Waals surface area (Å²) in [7, 11) is 0. The van der Waals surface area contributed by atoms with E-state index in [0.717, 1.165) is 29.7 Å². The van der Waals surface area contributed by atoms with Gasteiger partial charge in [-0.15, -0.1) is 11.3 Å². The number of nitrogens with two attached hydrogens (primary N) is 7. The standard InChI is InChI=1S/C59H89N19O13S/c60-37(14-5-19-67-57(61)62)48(82)72-38(15-6-20-68-58(63)64)52(86)75-22-8-18-43(75)54(88)77-30-35(80)26-44(77)50(84)70-28-47(81)71-40(27-36-13-9-23-92-36)49(83)74-41(31-79)53(87)76-29-34-12-2-1-10-32(34)24-46(76)55(89)78-42-17-4-3-11-33(42)25-45(78)51(85)73-39(56(90)91)16-7-21-69-59(65)66/h1-2,9-10,12-13,23,33,35,37-46,79-80H,3-8,11,14-22,24-31,60H2,(H,70,84)(H,71,81)(H,72,82)(H,73,85)(H,74,83)(H,90,91)(H4,61,62,67)(H4,63,64,68)(H4,65,66,69)/t33-,35+,37-,38-,39-,40-,41-,42-,43-,44-,45-,46+/m0/s1. The number of thiophene rings is 1. The quantitative estimate of drug-likeness (QED) is 0.0198. The Labute approximate surface area is 536 Å². The highest BCUT2D eigenvalue weighted by Crippen LogP contribution is 2.41. The Kier molecular flexibility index (Phi) is 25.8. The second-order valence-electron chi connectivity index (χ2n) is 23.9. The smallest absolute Gasteiger partial charge is 0.326 e. The van der Waals surface area contributed by atoms with Crippen LogP contribution in [-0.4, -0.2) is 224 Å². The number of nitrogens with one attached hydrogen (secondary N) is 5. The first-order valence-corrected chi connectivity index (χ1v) is 32.1. The number of likely N-dealkylation sites (tertiary alicyclic amines) is 3. The van der Waals surface area contributed by atoms with E-state index < -0.39 is 139 Å². The van der Waals surface area contributed by atoms with Gasteiger partial charge in [-0.05, 0) is 99.1 Å². The zero-order valence-corrected chi connectivity index (χ0v) is 52.3. The number of carbonyl (C=O) groups excluding carboxylic acids is 9. The molecule has 0 spiro atoms. The molecule has 4 aliphatic heterocycles. The van der Waals surface area contributed by atoms with Crippen LogP contribution in [0.2, 0.25) is 0 Å². The van der Waals surface area contributed by atoms with Crippen LogP contribution < -0.4 is 66.7 Å². The number of aliphatic carboxylic acids is 1. The maximum Gasteiger partial charge on any atom is 0.326 e. The van der Waals surface area contributed by atoms with Crippen molar-refractivity contribution in [3.8, 4) is 0 Å². The van der Waals surface area contributed by atoms with Crippen LogP contribution in [-0.2, 0) is 67.3 Å². The third-order valence-electron chi connectivity index (χ3n) is 17.4. The molecule has 1 aliphatic carbocycles. The summed E-state index contributed by atoms with van der Waals surface area (Å²) in [6.07, 6.45) is 3.42. The van der Waals surface area contributed by atoms with Crippen LogP contribution in [0.5, 0.6) is 0 Å². The van der Waals surface area contributed by atoms with Crippen molar-refractivity contribution in [2.24, 2.45) is 61.0 Å². The van der Waals surface area contributed by atoms with Crippen molar-refractivity contribution in [2.45, 2.75) is 176 Å². The molecule has 1 aromatic carbocycles. The van der Waals surface area contributed by atoms with E-state index in [4.69, 9.17) is 40.1 Å². The van der Waals surface area contributed by atoms with E-state index in [0.29, 0.717) is 29.7 Å². The Morgan fingerprint density at radius 3 is 1.89 bits per heavy atom. The molecule has 5 aliphatic rings. The summed E-state index contributed by atoms with van der Waals surface area (Å²) in [5, 5.41) is 46.8. The van der Waals surface area contributed by atoms with Crippen molar-refractivity contribution >= 4 is 88.3 Å². The summed E-state index contributed by atoms with van der Waals surface area (Å²) in [5.41, 5.74) is 40.3. The Hall–Kier alpha value is -8.69. The lowest BCUT2D eigenvalue weighted by atomic mass is 9.84. The predicted molar refractivity (Wildman–Crippen MR) is 338 cm³/mol. The summed E-state index contributed by atoms with van der Waals surface area (Å²) in [5.74, 6) is -8.33. The Morgan fingerprint density at radius 2 is 1.25 bits per heavy atom. The van der Waals surface area contributed by atoms with Gasteiger partial charge in [0, 0.05) is 69.4 Å². The van der Waals surface area contributed by atoms with E-state index in [1.54, 1.807) is 35.7 Å². The summed E-state index contributed by atoms with van der Waals surface area (Å²) in [6.45, 7) is -1.46. The number of hydrogen-bond donors (Lipinski definition) is 15. The molecule has 22 N–H and O–H groups in total. The summed E-state index contributed by atoms with van der Waals surface area (Å²) in [6, 6.07) is -1.07. The van der Waals surface area contributed by atoms with Crippen molar-refractivity contribution in [1.82, 2.24) is 46.2 Å². The van der Waals surface area contributed by atoms with Gasteiger partial charge in [0.15, 0.2) is 17.9 Å². The highest BCUT2D eigenvalue weighted by molar-refractivity contribution is 7.09. The van der Waals surface area contributed by atoms with E-state index in [1.807, 2.05) is 6.07 Å². The van der Waals surface area contributed by atoms with Crippen LogP contribution in [0.15, 0.2) is 56.8 Å². The number of β-amino-alcohol motifs (C(OH)–C–C–N with tert-alkyl or cyclic N) is 1. The minimum atomic E-state index is -1.66. The third-order valence-corrected chi connectivity index (χ3v) is 18.3. The number of aliphatic hydroxyl groups is 2. The average Bonchev–Trinajstić information content (AvgIpc) is 1.49. The lowest BCUT2D eigenvalue weighted by Crippen LogP contribution is -2.63. The number of rotatable bonds is 30. The molecular weight excluding hydrogens is 1210 g/mol. The second-order valence-corrected chi connectivity index (χ2v) is 25.0. The van der Waals surface area contributed by atoms with Gasteiger partial charge >= 0.3 is 5.97 Å². The topological polar surface area (TPSA) is 524 Å². The molecule has 0 bridgehead atoms. The van der Waals surface area contributed by atoms with Gasteiger partial charge in [0.1, 0.15) is 48.3 Å². The number of fused-ring (bicyclic) bond motifs is 2. The number of carbonyl (C=O) groups is 10. The first-order chi connectivity index (χ1) is 43.9. The first kappa shape index (κ1) is 70.8. The molecule has 2 aromatic rings. The van der Waals surface area contributed by atoms with Crippen LogP contribution in [0.3, 0.4) is 0 Å². The molecular formula is C59H89N19O13S. The predicted octanol–water partition coefficient (Wildman–Crippen LogP) is -5.02. The number of carboxylic acid groups (broad SMARTS) is 1. The number of benzene rings is 1. The molecule has 1 aromatic heterocycles. The van der Waals surface area contributed by atoms with Gasteiger partial charge in [-0.3, -0.25) is 58.1 Å². The SMILES string of the molecule is NC(N)=NCCC[C@H](NC(=O)[C@@H]1C[C@@H]2CCCC[C@@H]2N1C(=O)[C@H]1Cc2ccccc2CN1C(=O)[C@H](CO)NC(=O)[C@H](Cc1cccs1)NC(=O)CNC(=O)[C@@H]1C[C@@H](O)CN1C(=O)[C@@H]1CCCN1C(=O)[C@H](CCCN=C(N)N)NC(=O)[C@@H](N)CCCN=C(N)N)C(=O)O. The number of amides is 9. The maximum absolute atomic E-state index is 15.3. The van der Waals surface area contributed by atoms with E-state index in [9.17, 15) is 58.5 Å². The van der Waals surface area contributed by atoms with Crippen molar-refractivity contribution in [2.75, 3.05) is 45.9 Å². The number of guanidine groups is 3. The molecule has 504 valence electrons. The fourth-order valence-corrected chi connectivity index (χ4v) is 13.6. The monoisotopic (exact) mass is 1300 g/mol. The number of carboxylic acids is 1. The Bertz CT molecular complexity index is 3050. The van der Waals surface area contributed by atoms with Crippen molar-refractivity contribution in [3.63, 3.8) is 0 Å². The zero-order chi connectivity index (χ0) is 66.8. The molecule has 4 fully saturated rings. The second kappa shape index (κ2) is 33.6. The summed E-state index contributed by atoms with van der Waals surface area (Å²) in [4.78, 5) is 159. The van der Waals surface area contributed by atoms with Crippen LogP contribution in [0, 0.1) is 5.92 Å². The van der Waals surface area contributed by atoms with Crippen LogP contribution >= 0.6 is 11.3 Å². The van der Waals surface area contributed by atoms with Gasteiger partial charge < -0.3 is 102 Å². The van der Waals surface area contributed by atoms with Gasteiger partial charge in [0.25, 0.3) is 0 Å². The van der Waals surface area contributed by atoms with Gasteiger partial charge in [-0.1, -0.05) is 43.2 Å². The van der Waals surface area contributed by atoms with Gasteiger partial charge in [-0.2, -0.15) is 0 Å². The molecule has 5 heterocycles. The van der Waals surface area contributed by atoms with E-state index >= 15 is 4.79 Å². The largest absolute Gasteiger partial charge is 0.480 e. The maximum atomic E-state index is 15.3. The molecule has 92 heavy (non-hydrogen) atoms. The molecule has 32 nitrogen and oxygen atoms in total. The molecule has 9 amide bonds. The Balaban J connectivity index is 1.02. The minimum absolute atomic E-state index is 0.00000960.